The van der Waals surface area contributed by atoms with Gasteiger partial charge in [0.2, 0.25) is 0 Å². The summed E-state index contributed by atoms with van der Waals surface area (Å²) in [5, 5.41) is 0. The number of hydrogen-bond donors (Lipinski definition) is 0. The first-order valence-electron chi connectivity index (χ1n) is 3.39. The Kier molecular flexibility index (Phi) is 0.995. The zero-order valence-electron chi connectivity index (χ0n) is 5.50. The smallest absolute Gasteiger partial charge is 0.0976 e. The molecular formula is C8H10O. The molecule has 0 saturated carbocycles. The van der Waals surface area contributed by atoms with Gasteiger partial charge < -0.3 is 4.74 Å². The molecule has 0 aromatic rings. The maximum absolute atomic E-state index is 5.50. The van der Waals surface area contributed by atoms with Crippen LogP contribution in [0.25, 0.3) is 0 Å². The molecule has 48 valence electrons. The van der Waals surface area contributed by atoms with Gasteiger partial charge in [0.1, 0.15) is 0 Å². The van der Waals surface area contributed by atoms with Gasteiger partial charge in [-0.3, -0.25) is 0 Å². The normalized spacial score (nSPS) is 43.0. The quantitative estimate of drug-likeness (QED) is 0.444. The van der Waals surface area contributed by atoms with Gasteiger partial charge >= 0.3 is 0 Å². The Bertz CT molecular complexity index is 179. The molecule has 2 unspecified atom stereocenters. The fourth-order valence-corrected chi connectivity index (χ4v) is 1.46. The van der Waals surface area contributed by atoms with Gasteiger partial charge in [-0.25, -0.2) is 0 Å². The first-order valence-corrected chi connectivity index (χ1v) is 3.39. The average Bonchev–Trinajstić information content (AvgIpc) is 2.45. The van der Waals surface area contributed by atoms with E-state index in [4.69, 9.17) is 4.74 Å². The molecule has 9 heavy (non-hydrogen) atoms. The second-order valence-electron chi connectivity index (χ2n) is 2.55. The van der Waals surface area contributed by atoms with E-state index in [2.05, 4.69) is 25.2 Å². The SMILES string of the molecule is CC=C1CC2C=CC1O2. The Morgan fingerprint density at radius 3 is 2.89 bits per heavy atom. The Hall–Kier alpha value is -0.560. The lowest BCUT2D eigenvalue weighted by Crippen LogP contribution is -1.98. The minimum absolute atomic E-state index is 0.333. The summed E-state index contributed by atoms with van der Waals surface area (Å²) in [4.78, 5) is 0. The van der Waals surface area contributed by atoms with E-state index < -0.39 is 0 Å². The Labute approximate surface area is 55.0 Å². The molecule has 2 aliphatic rings. The van der Waals surface area contributed by atoms with Gasteiger partial charge in [0.05, 0.1) is 12.2 Å². The molecular weight excluding hydrogens is 112 g/mol. The van der Waals surface area contributed by atoms with Crippen molar-refractivity contribution in [2.75, 3.05) is 0 Å². The van der Waals surface area contributed by atoms with E-state index in [-0.39, 0.29) is 0 Å². The average molecular weight is 122 g/mol. The number of hydrogen-bond acceptors (Lipinski definition) is 1. The molecule has 2 aliphatic heterocycles. The van der Waals surface area contributed by atoms with Crippen LogP contribution in [0.3, 0.4) is 0 Å². The van der Waals surface area contributed by atoms with E-state index in [0.717, 1.165) is 6.42 Å². The van der Waals surface area contributed by atoms with Crippen molar-refractivity contribution in [3.8, 4) is 0 Å². The van der Waals surface area contributed by atoms with Crippen LogP contribution >= 0.6 is 0 Å². The highest BCUT2D eigenvalue weighted by Crippen LogP contribution is 2.32. The minimum atomic E-state index is 0.333. The van der Waals surface area contributed by atoms with Crippen LogP contribution in [-0.4, -0.2) is 12.2 Å². The monoisotopic (exact) mass is 122 g/mol. The molecule has 1 fully saturated rings. The summed E-state index contributed by atoms with van der Waals surface area (Å²) < 4.78 is 5.50. The van der Waals surface area contributed by atoms with E-state index in [1.165, 1.54) is 5.57 Å². The first-order chi connectivity index (χ1) is 4.40. The van der Waals surface area contributed by atoms with Crippen molar-refractivity contribution in [2.45, 2.75) is 25.6 Å². The van der Waals surface area contributed by atoms with Gasteiger partial charge in [-0.2, -0.15) is 0 Å². The minimum Gasteiger partial charge on any atom is -0.362 e. The Morgan fingerprint density at radius 1 is 1.67 bits per heavy atom. The maximum Gasteiger partial charge on any atom is 0.0976 e. The zero-order chi connectivity index (χ0) is 6.27. The van der Waals surface area contributed by atoms with Crippen LogP contribution in [0, 0.1) is 0 Å². The molecule has 0 aromatic heterocycles. The fraction of sp³-hybridized carbons (Fsp3) is 0.500. The summed E-state index contributed by atoms with van der Waals surface area (Å²) in [6.45, 7) is 2.08. The van der Waals surface area contributed by atoms with Crippen LogP contribution < -0.4 is 0 Å². The van der Waals surface area contributed by atoms with Crippen molar-refractivity contribution in [1.29, 1.82) is 0 Å². The van der Waals surface area contributed by atoms with Crippen LogP contribution in [0.1, 0.15) is 13.3 Å². The van der Waals surface area contributed by atoms with E-state index in [0.29, 0.717) is 12.2 Å². The molecule has 0 N–H and O–H groups in total. The van der Waals surface area contributed by atoms with Crippen LogP contribution in [0.4, 0.5) is 0 Å². The van der Waals surface area contributed by atoms with Gasteiger partial charge in [0.15, 0.2) is 0 Å². The van der Waals surface area contributed by atoms with Crippen molar-refractivity contribution in [2.24, 2.45) is 0 Å². The van der Waals surface area contributed by atoms with Crippen LogP contribution in [-0.2, 0) is 4.74 Å². The predicted molar refractivity (Wildman–Crippen MR) is 36.2 cm³/mol. The Balaban J connectivity index is 2.29. The number of fused-ring (bicyclic) bond motifs is 2. The molecule has 1 saturated heterocycles. The molecule has 2 bridgehead atoms. The highest BCUT2D eigenvalue weighted by atomic mass is 16.5. The van der Waals surface area contributed by atoms with Gasteiger partial charge in [-0.05, 0) is 12.5 Å². The van der Waals surface area contributed by atoms with Crippen LogP contribution in [0.2, 0.25) is 0 Å². The van der Waals surface area contributed by atoms with Gasteiger partial charge in [-0.1, -0.05) is 18.2 Å². The second-order valence-corrected chi connectivity index (χ2v) is 2.55. The molecule has 1 heteroatoms. The lowest BCUT2D eigenvalue weighted by atomic mass is 10.0. The summed E-state index contributed by atoms with van der Waals surface area (Å²) in [6, 6.07) is 0. The molecule has 0 radical (unpaired) electrons. The largest absolute Gasteiger partial charge is 0.362 e. The molecule has 0 spiro atoms. The molecule has 1 nitrogen and oxygen atoms in total. The number of ether oxygens (including phenoxy) is 1. The summed E-state index contributed by atoms with van der Waals surface area (Å²) in [7, 11) is 0. The van der Waals surface area contributed by atoms with Gasteiger partial charge in [0.25, 0.3) is 0 Å². The highest BCUT2D eigenvalue weighted by Gasteiger charge is 2.30. The molecule has 2 heterocycles. The van der Waals surface area contributed by atoms with Gasteiger partial charge in [0, 0.05) is 6.42 Å². The third-order valence-corrected chi connectivity index (χ3v) is 2.00. The van der Waals surface area contributed by atoms with Crippen molar-refractivity contribution in [1.82, 2.24) is 0 Å². The molecule has 2 rings (SSSR count). The van der Waals surface area contributed by atoms with Crippen molar-refractivity contribution in [3.05, 3.63) is 23.8 Å². The van der Waals surface area contributed by atoms with Crippen LogP contribution in [0.5, 0.6) is 0 Å². The number of allylic oxidation sites excluding steroid dienone is 1. The lowest BCUT2D eigenvalue weighted by molar-refractivity contribution is 0.127. The Morgan fingerprint density at radius 2 is 2.56 bits per heavy atom. The van der Waals surface area contributed by atoms with E-state index in [1.807, 2.05) is 0 Å². The summed E-state index contributed by atoms with van der Waals surface area (Å²) in [5.74, 6) is 0. The molecule has 0 amide bonds. The summed E-state index contributed by atoms with van der Waals surface area (Å²) >= 11 is 0. The molecule has 0 aromatic carbocycles. The molecule has 2 atom stereocenters. The summed E-state index contributed by atoms with van der Waals surface area (Å²) in [6.07, 6.45) is 8.31. The third-order valence-electron chi connectivity index (χ3n) is 2.00. The predicted octanol–water partition coefficient (Wildman–Crippen LogP) is 1.66. The lowest BCUT2D eigenvalue weighted by Gasteiger charge is -2.01. The highest BCUT2D eigenvalue weighted by molar-refractivity contribution is 5.27. The van der Waals surface area contributed by atoms with Crippen LogP contribution in [0.15, 0.2) is 23.8 Å². The topological polar surface area (TPSA) is 9.23 Å². The van der Waals surface area contributed by atoms with E-state index in [1.54, 1.807) is 0 Å². The maximum atomic E-state index is 5.50. The zero-order valence-corrected chi connectivity index (χ0v) is 5.50. The van der Waals surface area contributed by atoms with E-state index >= 15 is 0 Å². The van der Waals surface area contributed by atoms with Gasteiger partial charge in [-0.15, -0.1) is 0 Å². The van der Waals surface area contributed by atoms with E-state index in [9.17, 15) is 0 Å². The van der Waals surface area contributed by atoms with Crippen molar-refractivity contribution in [3.63, 3.8) is 0 Å². The van der Waals surface area contributed by atoms with Crippen molar-refractivity contribution < 1.29 is 4.74 Å². The fourth-order valence-electron chi connectivity index (χ4n) is 1.46. The molecule has 0 aliphatic carbocycles. The third kappa shape index (κ3) is 0.648. The number of rotatable bonds is 0. The second kappa shape index (κ2) is 1.71. The van der Waals surface area contributed by atoms with Crippen molar-refractivity contribution >= 4 is 0 Å². The first kappa shape index (κ1) is 5.24. The summed E-state index contributed by atoms with van der Waals surface area (Å²) in [5.41, 5.74) is 1.45. The standard InChI is InChI=1S/C8H10O/c1-2-6-5-7-3-4-8(6)9-7/h2-4,7-8H,5H2,1H3.